The largest absolute Gasteiger partial charge is 0.468 e. The van der Waals surface area contributed by atoms with Gasteiger partial charge in [0.2, 0.25) is 0 Å². The van der Waals surface area contributed by atoms with Crippen molar-refractivity contribution in [3.05, 3.63) is 0 Å². The molecule has 0 bridgehead atoms. The average Bonchev–Trinajstić information content (AvgIpc) is 2.25. The molecule has 0 aromatic carbocycles. The Morgan fingerprint density at radius 3 is 2.25 bits per heavy atom. The van der Waals surface area contributed by atoms with Crippen LogP contribution in [0.3, 0.4) is 0 Å². The maximum atomic E-state index is 11.5. The summed E-state index contributed by atoms with van der Waals surface area (Å²) in [6.45, 7) is 4.23. The summed E-state index contributed by atoms with van der Waals surface area (Å²) < 4.78 is 9.01. The van der Waals surface area contributed by atoms with Gasteiger partial charge in [0.1, 0.15) is 11.3 Å². The SMILES string of the molecule is COC(=O)C1CN[C@@H](C(=O)OC)C(C)(C)S1. The van der Waals surface area contributed by atoms with E-state index in [1.165, 1.54) is 26.0 Å². The van der Waals surface area contributed by atoms with E-state index >= 15 is 0 Å². The fraction of sp³-hybridized carbons (Fsp3) is 0.800. The van der Waals surface area contributed by atoms with E-state index < -0.39 is 10.8 Å². The van der Waals surface area contributed by atoms with Crippen molar-refractivity contribution in [1.82, 2.24) is 5.32 Å². The van der Waals surface area contributed by atoms with Gasteiger partial charge in [-0.1, -0.05) is 0 Å². The van der Waals surface area contributed by atoms with Crippen LogP contribution in [0.1, 0.15) is 13.8 Å². The van der Waals surface area contributed by atoms with Crippen LogP contribution in [0, 0.1) is 0 Å². The molecule has 16 heavy (non-hydrogen) atoms. The third kappa shape index (κ3) is 2.68. The van der Waals surface area contributed by atoms with E-state index in [1.54, 1.807) is 0 Å². The van der Waals surface area contributed by atoms with Crippen LogP contribution in [0.5, 0.6) is 0 Å². The molecule has 1 fully saturated rings. The second-order valence-corrected chi connectivity index (χ2v) is 5.95. The van der Waals surface area contributed by atoms with Crippen LogP contribution >= 0.6 is 11.8 Å². The predicted octanol–water partition coefficient (Wildman–Crippen LogP) is 0.185. The van der Waals surface area contributed by atoms with Crippen LogP contribution in [0.25, 0.3) is 0 Å². The highest BCUT2D eigenvalue weighted by Crippen LogP contribution is 2.36. The molecule has 2 atom stereocenters. The standard InChI is InChI=1S/C10H17NO4S/c1-10(2)7(9(13)15-4)11-5-6(16-10)8(12)14-3/h6-7,11H,5H2,1-4H3/t6?,7-/m0/s1. The zero-order valence-corrected chi connectivity index (χ0v) is 10.7. The fourth-order valence-corrected chi connectivity index (χ4v) is 3.12. The van der Waals surface area contributed by atoms with Crippen molar-refractivity contribution in [3.8, 4) is 0 Å². The number of esters is 2. The minimum Gasteiger partial charge on any atom is -0.468 e. The van der Waals surface area contributed by atoms with Gasteiger partial charge in [0.15, 0.2) is 0 Å². The van der Waals surface area contributed by atoms with E-state index in [9.17, 15) is 9.59 Å². The molecule has 1 rings (SSSR count). The van der Waals surface area contributed by atoms with E-state index in [2.05, 4.69) is 10.1 Å². The Bertz CT molecular complexity index is 293. The van der Waals surface area contributed by atoms with Gasteiger partial charge in [-0.3, -0.25) is 9.59 Å². The molecule has 1 unspecified atom stereocenters. The molecule has 1 aliphatic rings. The summed E-state index contributed by atoms with van der Waals surface area (Å²) in [4.78, 5) is 22.9. The van der Waals surface area contributed by atoms with Crippen LogP contribution in [0.2, 0.25) is 0 Å². The van der Waals surface area contributed by atoms with Crippen molar-refractivity contribution >= 4 is 23.7 Å². The van der Waals surface area contributed by atoms with E-state index in [0.717, 1.165) is 0 Å². The third-order valence-corrected chi connectivity index (χ3v) is 4.04. The zero-order chi connectivity index (χ0) is 12.3. The summed E-state index contributed by atoms with van der Waals surface area (Å²) >= 11 is 1.44. The number of nitrogens with one attached hydrogen (secondary N) is 1. The maximum absolute atomic E-state index is 11.5. The lowest BCUT2D eigenvalue weighted by Crippen LogP contribution is -2.58. The Morgan fingerprint density at radius 1 is 1.25 bits per heavy atom. The lowest BCUT2D eigenvalue weighted by Gasteiger charge is -2.39. The molecule has 1 saturated heterocycles. The maximum Gasteiger partial charge on any atom is 0.324 e. The first-order valence-corrected chi connectivity index (χ1v) is 5.87. The summed E-state index contributed by atoms with van der Waals surface area (Å²) in [6, 6.07) is -0.400. The molecule has 0 amide bonds. The molecule has 1 aliphatic heterocycles. The van der Waals surface area contributed by atoms with Gasteiger partial charge < -0.3 is 14.8 Å². The Morgan fingerprint density at radius 2 is 1.81 bits per heavy atom. The van der Waals surface area contributed by atoms with Gasteiger partial charge in [0, 0.05) is 11.3 Å². The second kappa shape index (κ2) is 5.05. The number of methoxy groups -OCH3 is 2. The first kappa shape index (κ1) is 13.3. The van der Waals surface area contributed by atoms with Gasteiger partial charge in [-0.05, 0) is 13.8 Å². The molecule has 6 heteroatoms. The molecule has 0 radical (unpaired) electrons. The number of ether oxygens (including phenoxy) is 2. The van der Waals surface area contributed by atoms with Crippen molar-refractivity contribution in [3.63, 3.8) is 0 Å². The topological polar surface area (TPSA) is 64.6 Å². The second-order valence-electron chi connectivity index (χ2n) is 4.10. The number of carbonyl (C=O) groups excluding carboxylic acids is 2. The quantitative estimate of drug-likeness (QED) is 0.703. The number of thioether (sulfide) groups is 1. The third-order valence-electron chi connectivity index (χ3n) is 2.55. The van der Waals surface area contributed by atoms with Gasteiger partial charge >= 0.3 is 11.9 Å². The van der Waals surface area contributed by atoms with Crippen LogP contribution in [0.4, 0.5) is 0 Å². The Hall–Kier alpha value is -0.750. The molecule has 1 heterocycles. The summed E-state index contributed by atoms with van der Waals surface area (Å²) in [5.74, 6) is -0.574. The smallest absolute Gasteiger partial charge is 0.324 e. The Kier molecular flexibility index (Phi) is 4.21. The molecular formula is C10H17NO4S. The molecular weight excluding hydrogens is 230 g/mol. The summed E-state index contributed by atoms with van der Waals surface area (Å²) in [7, 11) is 2.72. The number of rotatable bonds is 2. The predicted molar refractivity (Wildman–Crippen MR) is 61.3 cm³/mol. The summed E-state index contributed by atoms with van der Waals surface area (Å²) in [5, 5.41) is 2.75. The summed E-state index contributed by atoms with van der Waals surface area (Å²) in [6.07, 6.45) is 0. The normalized spacial score (nSPS) is 28.2. The average molecular weight is 247 g/mol. The molecule has 0 aromatic heterocycles. The molecule has 0 spiro atoms. The van der Waals surface area contributed by atoms with E-state index in [-0.39, 0.29) is 17.2 Å². The Balaban J connectivity index is 2.72. The van der Waals surface area contributed by atoms with Crippen molar-refractivity contribution in [2.75, 3.05) is 20.8 Å². The van der Waals surface area contributed by atoms with Crippen LogP contribution in [-0.2, 0) is 19.1 Å². The molecule has 0 saturated carbocycles. The minimum atomic E-state index is -0.400. The molecule has 1 N–H and O–H groups in total. The Labute approximate surface area is 99.2 Å². The first-order valence-electron chi connectivity index (χ1n) is 4.99. The van der Waals surface area contributed by atoms with Gasteiger partial charge in [-0.2, -0.15) is 0 Å². The van der Waals surface area contributed by atoms with Crippen LogP contribution in [0.15, 0.2) is 0 Å². The van der Waals surface area contributed by atoms with Crippen LogP contribution in [-0.4, -0.2) is 48.7 Å². The van der Waals surface area contributed by atoms with Crippen molar-refractivity contribution in [1.29, 1.82) is 0 Å². The summed E-state index contributed by atoms with van der Waals surface area (Å²) in [5.41, 5.74) is 0. The van der Waals surface area contributed by atoms with Crippen LogP contribution < -0.4 is 5.32 Å². The van der Waals surface area contributed by atoms with Gasteiger partial charge in [0.05, 0.1) is 14.2 Å². The van der Waals surface area contributed by atoms with Crippen molar-refractivity contribution < 1.29 is 19.1 Å². The zero-order valence-electron chi connectivity index (χ0n) is 9.90. The van der Waals surface area contributed by atoms with Gasteiger partial charge in [-0.25, -0.2) is 0 Å². The highest BCUT2D eigenvalue weighted by atomic mass is 32.2. The van der Waals surface area contributed by atoms with Gasteiger partial charge in [-0.15, -0.1) is 11.8 Å². The lowest BCUT2D eigenvalue weighted by molar-refractivity contribution is -0.145. The van der Waals surface area contributed by atoms with E-state index in [1.807, 2.05) is 13.8 Å². The molecule has 5 nitrogen and oxygen atoms in total. The first-order chi connectivity index (χ1) is 7.42. The molecule has 0 aliphatic carbocycles. The number of hydrogen-bond acceptors (Lipinski definition) is 6. The van der Waals surface area contributed by atoms with E-state index in [4.69, 9.17) is 4.74 Å². The lowest BCUT2D eigenvalue weighted by atomic mass is 10.0. The fourth-order valence-electron chi connectivity index (χ4n) is 1.69. The van der Waals surface area contributed by atoms with Crippen molar-refractivity contribution in [2.45, 2.75) is 29.9 Å². The number of hydrogen-bond donors (Lipinski definition) is 1. The van der Waals surface area contributed by atoms with E-state index in [0.29, 0.717) is 6.54 Å². The molecule has 0 aromatic rings. The highest BCUT2D eigenvalue weighted by Gasteiger charge is 2.44. The highest BCUT2D eigenvalue weighted by molar-refractivity contribution is 8.02. The van der Waals surface area contributed by atoms with Gasteiger partial charge in [0.25, 0.3) is 0 Å². The monoisotopic (exact) mass is 247 g/mol. The number of carbonyl (C=O) groups is 2. The molecule has 92 valence electrons. The van der Waals surface area contributed by atoms with Crippen molar-refractivity contribution in [2.24, 2.45) is 0 Å². The minimum absolute atomic E-state index is 0.270.